The van der Waals surface area contributed by atoms with E-state index in [0.29, 0.717) is 16.7 Å². The molecule has 3 rings (SSSR count). The fourth-order valence-corrected chi connectivity index (χ4v) is 3.59. The Bertz CT molecular complexity index is 921. The van der Waals surface area contributed by atoms with Crippen molar-refractivity contribution in [3.05, 3.63) is 41.3 Å². The number of carbonyl (C=O) groups is 1. The van der Waals surface area contributed by atoms with Gasteiger partial charge >= 0.3 is 0 Å². The summed E-state index contributed by atoms with van der Waals surface area (Å²) in [5.41, 5.74) is 0.492. The third kappa shape index (κ3) is 3.11. The van der Waals surface area contributed by atoms with Gasteiger partial charge in [-0.05, 0) is 30.3 Å². The quantitative estimate of drug-likeness (QED) is 0.867. The molecule has 1 aromatic heterocycles. The maximum Gasteiger partial charge on any atom is 0.257 e. The fourth-order valence-electron chi connectivity index (χ4n) is 2.35. The lowest BCUT2D eigenvalue weighted by Crippen LogP contribution is -2.35. The minimum Gasteiger partial charge on any atom is -0.497 e. The number of pyridine rings is 1. The van der Waals surface area contributed by atoms with Crippen LogP contribution in [0.3, 0.4) is 0 Å². The van der Waals surface area contributed by atoms with Crippen LogP contribution in [-0.4, -0.2) is 43.3 Å². The number of hydrogen-bond acceptors (Lipinski definition) is 6. The molecule has 0 bridgehead atoms. The summed E-state index contributed by atoms with van der Waals surface area (Å²) < 4.78 is 27.8. The van der Waals surface area contributed by atoms with E-state index in [0.717, 1.165) is 5.41 Å². The smallest absolute Gasteiger partial charge is 0.257 e. The number of sulfone groups is 1. The number of benzene rings is 1. The number of rotatable bonds is 3. The molecular weight excluding hydrogens is 320 g/mol. The molecule has 7 nitrogen and oxygen atoms in total. The highest BCUT2D eigenvalue weighted by molar-refractivity contribution is 7.94. The molecule has 0 spiro atoms. The molecule has 1 aromatic carbocycles. The lowest BCUT2D eigenvalue weighted by Gasteiger charge is -2.11. The van der Waals surface area contributed by atoms with Crippen molar-refractivity contribution in [1.29, 1.82) is 0 Å². The van der Waals surface area contributed by atoms with E-state index in [1.807, 2.05) is 0 Å². The fraction of sp³-hybridized carbons (Fsp3) is 0.200. The van der Waals surface area contributed by atoms with Crippen LogP contribution in [0.4, 0.5) is 0 Å². The molecule has 0 fully saturated rings. The summed E-state index contributed by atoms with van der Waals surface area (Å²) in [5.74, 6) is -0.591. The Hall–Kier alpha value is -2.61. The molecule has 0 saturated carbocycles. The minimum absolute atomic E-state index is 0.0246. The van der Waals surface area contributed by atoms with Crippen LogP contribution in [0.25, 0.3) is 10.9 Å². The number of methoxy groups -OCH3 is 1. The van der Waals surface area contributed by atoms with Crippen LogP contribution in [0.5, 0.6) is 11.6 Å². The molecule has 0 saturated heterocycles. The van der Waals surface area contributed by atoms with Gasteiger partial charge in [-0.3, -0.25) is 4.79 Å². The largest absolute Gasteiger partial charge is 0.497 e. The van der Waals surface area contributed by atoms with Crippen molar-refractivity contribution in [1.82, 2.24) is 10.3 Å². The van der Waals surface area contributed by atoms with Crippen molar-refractivity contribution in [3.63, 3.8) is 0 Å². The monoisotopic (exact) mass is 334 g/mol. The molecule has 23 heavy (non-hydrogen) atoms. The number of aromatic hydroxyl groups is 1. The lowest BCUT2D eigenvalue weighted by atomic mass is 10.1. The van der Waals surface area contributed by atoms with Gasteiger partial charge in [-0.2, -0.15) is 0 Å². The Morgan fingerprint density at radius 3 is 2.83 bits per heavy atom. The standard InChI is InChI=1S/C15H14N2O5S/c1-22-11-2-3-13-9(6-11)7-12(15(19)17-13)14(18)16-10-4-5-23(20,21)8-10/h2-7,10H,8H2,1H3,(H,16,18)(H,17,19). The summed E-state index contributed by atoms with van der Waals surface area (Å²) in [6.07, 6.45) is 1.40. The molecule has 0 radical (unpaired) electrons. The van der Waals surface area contributed by atoms with Gasteiger partial charge in [0, 0.05) is 10.8 Å². The van der Waals surface area contributed by atoms with Gasteiger partial charge in [0.05, 0.1) is 24.4 Å². The van der Waals surface area contributed by atoms with Gasteiger partial charge in [0.2, 0.25) is 5.88 Å². The van der Waals surface area contributed by atoms with Gasteiger partial charge < -0.3 is 15.2 Å². The van der Waals surface area contributed by atoms with Gasteiger partial charge in [-0.1, -0.05) is 0 Å². The van der Waals surface area contributed by atoms with Crippen LogP contribution in [-0.2, 0) is 9.84 Å². The van der Waals surface area contributed by atoms with Crippen LogP contribution < -0.4 is 10.1 Å². The molecule has 1 unspecified atom stereocenters. The minimum atomic E-state index is -3.27. The van der Waals surface area contributed by atoms with Crippen molar-refractivity contribution < 1.29 is 23.1 Å². The molecule has 0 aliphatic carbocycles. The summed E-state index contributed by atoms with van der Waals surface area (Å²) in [5, 5.41) is 14.2. The number of ether oxygens (including phenoxy) is 1. The van der Waals surface area contributed by atoms with Crippen LogP contribution in [0.1, 0.15) is 10.4 Å². The molecular formula is C15H14N2O5S. The first-order valence-corrected chi connectivity index (χ1v) is 8.49. The molecule has 1 aliphatic rings. The highest BCUT2D eigenvalue weighted by Crippen LogP contribution is 2.25. The molecule has 2 N–H and O–H groups in total. The molecule has 1 amide bonds. The SMILES string of the molecule is COc1ccc2nc(O)c(C(=O)NC3C=CS(=O)(=O)C3)cc2c1. The zero-order valence-corrected chi connectivity index (χ0v) is 13.0. The summed E-state index contributed by atoms with van der Waals surface area (Å²) in [6, 6.07) is 5.93. The predicted octanol–water partition coefficient (Wildman–Crippen LogP) is 0.990. The molecule has 2 aromatic rings. The third-order valence-electron chi connectivity index (χ3n) is 3.49. The third-order valence-corrected chi connectivity index (χ3v) is 4.89. The first-order valence-electron chi connectivity index (χ1n) is 6.77. The Morgan fingerprint density at radius 2 is 2.17 bits per heavy atom. The van der Waals surface area contributed by atoms with E-state index >= 15 is 0 Å². The van der Waals surface area contributed by atoms with Crippen LogP contribution in [0.2, 0.25) is 0 Å². The normalized spacial score (nSPS) is 18.9. The number of aromatic nitrogens is 1. The predicted molar refractivity (Wildman–Crippen MR) is 84.1 cm³/mol. The number of nitrogens with one attached hydrogen (secondary N) is 1. The first-order chi connectivity index (χ1) is 10.9. The summed E-state index contributed by atoms with van der Waals surface area (Å²) in [6.45, 7) is 0. The van der Waals surface area contributed by atoms with Crippen LogP contribution in [0.15, 0.2) is 35.7 Å². The van der Waals surface area contributed by atoms with Gasteiger partial charge in [0.25, 0.3) is 5.91 Å². The Balaban J connectivity index is 1.90. The number of nitrogens with zero attached hydrogens (tertiary/aromatic N) is 1. The Morgan fingerprint density at radius 1 is 1.39 bits per heavy atom. The molecule has 1 aliphatic heterocycles. The number of amides is 1. The maximum absolute atomic E-state index is 12.3. The maximum atomic E-state index is 12.3. The van der Waals surface area contributed by atoms with Crippen molar-refractivity contribution in [2.45, 2.75) is 6.04 Å². The number of hydrogen-bond donors (Lipinski definition) is 2. The van der Waals surface area contributed by atoms with Gasteiger partial charge in [-0.15, -0.1) is 0 Å². The first kappa shape index (κ1) is 15.3. The summed E-state index contributed by atoms with van der Waals surface area (Å²) in [7, 11) is -1.74. The average Bonchev–Trinajstić information content (AvgIpc) is 2.84. The second-order valence-electron chi connectivity index (χ2n) is 5.16. The van der Waals surface area contributed by atoms with Crippen molar-refractivity contribution in [2.24, 2.45) is 0 Å². The highest BCUT2D eigenvalue weighted by Gasteiger charge is 2.24. The van der Waals surface area contributed by atoms with E-state index in [1.165, 1.54) is 19.3 Å². The van der Waals surface area contributed by atoms with E-state index in [4.69, 9.17) is 4.74 Å². The number of fused-ring (bicyclic) bond motifs is 1. The van der Waals surface area contributed by atoms with E-state index < -0.39 is 27.7 Å². The lowest BCUT2D eigenvalue weighted by molar-refractivity contribution is 0.0944. The van der Waals surface area contributed by atoms with E-state index in [2.05, 4.69) is 10.3 Å². The van der Waals surface area contributed by atoms with Crippen molar-refractivity contribution >= 4 is 26.6 Å². The van der Waals surface area contributed by atoms with Gasteiger partial charge in [-0.25, -0.2) is 13.4 Å². The van der Waals surface area contributed by atoms with E-state index in [-0.39, 0.29) is 11.3 Å². The average molecular weight is 334 g/mol. The Kier molecular flexibility index (Phi) is 3.69. The summed E-state index contributed by atoms with van der Waals surface area (Å²) >= 11 is 0. The molecule has 2 heterocycles. The van der Waals surface area contributed by atoms with Gasteiger partial charge in [0.1, 0.15) is 11.3 Å². The van der Waals surface area contributed by atoms with Gasteiger partial charge in [0.15, 0.2) is 9.84 Å². The Labute approximate surface area is 132 Å². The molecule has 8 heteroatoms. The van der Waals surface area contributed by atoms with E-state index in [9.17, 15) is 18.3 Å². The second kappa shape index (κ2) is 5.54. The molecule has 120 valence electrons. The van der Waals surface area contributed by atoms with E-state index in [1.54, 1.807) is 18.2 Å². The van der Waals surface area contributed by atoms with Crippen LogP contribution in [0, 0.1) is 0 Å². The van der Waals surface area contributed by atoms with Crippen molar-refractivity contribution in [3.8, 4) is 11.6 Å². The molecule has 1 atom stereocenters. The topological polar surface area (TPSA) is 106 Å². The summed E-state index contributed by atoms with van der Waals surface area (Å²) in [4.78, 5) is 16.2. The zero-order chi connectivity index (χ0) is 16.6. The van der Waals surface area contributed by atoms with Crippen molar-refractivity contribution in [2.75, 3.05) is 12.9 Å². The van der Waals surface area contributed by atoms with Crippen LogP contribution >= 0.6 is 0 Å². The highest BCUT2D eigenvalue weighted by atomic mass is 32.2. The number of carbonyl (C=O) groups excluding carboxylic acids is 1. The zero-order valence-electron chi connectivity index (χ0n) is 12.2. The second-order valence-corrected chi connectivity index (χ2v) is 7.09.